The van der Waals surface area contributed by atoms with Crippen LogP contribution < -0.4 is 20.1 Å². The molecule has 1 heterocycles. The lowest BCUT2D eigenvalue weighted by Gasteiger charge is -2.19. The van der Waals surface area contributed by atoms with Crippen molar-refractivity contribution in [2.24, 2.45) is 0 Å². The maximum atomic E-state index is 12.8. The first kappa shape index (κ1) is 25.7. The summed E-state index contributed by atoms with van der Waals surface area (Å²) in [5.41, 5.74) is 4.26. The predicted molar refractivity (Wildman–Crippen MR) is 139 cm³/mol. The van der Waals surface area contributed by atoms with Crippen LogP contribution in [0, 0.1) is 0 Å². The molecule has 0 bridgehead atoms. The molecule has 0 saturated heterocycles. The molecule has 0 spiro atoms. The van der Waals surface area contributed by atoms with E-state index < -0.39 is 12.6 Å². The second-order valence-corrected chi connectivity index (χ2v) is 9.57. The SMILES string of the molecule is COc1cccc(Oc2cc(NCCC(F)(F)F)c3ncn(C4=CC(C)=C(C(=O)NC5CC5)CC4)c3c2)c1. The van der Waals surface area contributed by atoms with Crippen LogP contribution in [0.15, 0.2) is 59.9 Å². The highest BCUT2D eigenvalue weighted by Crippen LogP contribution is 2.36. The third-order valence-corrected chi connectivity index (χ3v) is 6.61. The van der Waals surface area contributed by atoms with Gasteiger partial charge in [0.1, 0.15) is 29.1 Å². The van der Waals surface area contributed by atoms with Gasteiger partial charge in [-0.3, -0.25) is 4.79 Å². The van der Waals surface area contributed by atoms with Gasteiger partial charge in [0.2, 0.25) is 5.91 Å². The van der Waals surface area contributed by atoms with E-state index in [2.05, 4.69) is 15.6 Å². The minimum atomic E-state index is -4.28. The van der Waals surface area contributed by atoms with Crippen molar-refractivity contribution in [1.82, 2.24) is 14.9 Å². The van der Waals surface area contributed by atoms with E-state index in [1.165, 1.54) is 0 Å². The van der Waals surface area contributed by atoms with Gasteiger partial charge in [0, 0.05) is 42.1 Å². The molecule has 2 aliphatic rings. The summed E-state index contributed by atoms with van der Waals surface area (Å²) in [5, 5.41) is 5.93. The first-order chi connectivity index (χ1) is 18.2. The number of carbonyl (C=O) groups excluding carboxylic acids is 1. The summed E-state index contributed by atoms with van der Waals surface area (Å²) in [5.74, 6) is 1.57. The summed E-state index contributed by atoms with van der Waals surface area (Å²) in [7, 11) is 1.56. The van der Waals surface area contributed by atoms with Crippen LogP contribution in [0.25, 0.3) is 16.7 Å². The Hall–Kier alpha value is -3.95. The van der Waals surface area contributed by atoms with Crippen LogP contribution in [0.4, 0.5) is 18.9 Å². The molecule has 5 rings (SSSR count). The van der Waals surface area contributed by atoms with Crippen molar-refractivity contribution >= 4 is 28.3 Å². The Morgan fingerprint density at radius 1 is 1.13 bits per heavy atom. The van der Waals surface area contributed by atoms with Crippen molar-refractivity contribution in [3.63, 3.8) is 0 Å². The summed E-state index contributed by atoms with van der Waals surface area (Å²) in [6, 6.07) is 10.8. The van der Waals surface area contributed by atoms with Gasteiger partial charge in [-0.05, 0) is 56.4 Å². The Bertz CT molecular complexity index is 1420. The Morgan fingerprint density at radius 3 is 2.63 bits per heavy atom. The number of ether oxygens (including phenoxy) is 2. The number of amides is 1. The van der Waals surface area contributed by atoms with E-state index in [0.29, 0.717) is 46.8 Å². The number of nitrogens with zero attached hydrogens (tertiary/aromatic N) is 2. The number of anilines is 1. The fourth-order valence-electron chi connectivity index (χ4n) is 4.49. The van der Waals surface area contributed by atoms with Crippen molar-refractivity contribution in [1.29, 1.82) is 0 Å². The zero-order valence-electron chi connectivity index (χ0n) is 21.2. The summed E-state index contributed by atoms with van der Waals surface area (Å²) in [6.45, 7) is 1.62. The van der Waals surface area contributed by atoms with Gasteiger partial charge >= 0.3 is 6.18 Å². The van der Waals surface area contributed by atoms with E-state index in [1.54, 1.807) is 43.8 Å². The molecule has 1 amide bonds. The number of hydrogen-bond donors (Lipinski definition) is 2. The van der Waals surface area contributed by atoms with Gasteiger partial charge in [0.15, 0.2) is 0 Å². The second-order valence-electron chi connectivity index (χ2n) is 9.57. The maximum Gasteiger partial charge on any atom is 0.390 e. The van der Waals surface area contributed by atoms with Crippen LogP contribution in [0.5, 0.6) is 17.2 Å². The first-order valence-corrected chi connectivity index (χ1v) is 12.6. The average Bonchev–Trinajstić information content (AvgIpc) is 3.58. The van der Waals surface area contributed by atoms with Crippen molar-refractivity contribution in [3.05, 3.63) is 59.9 Å². The molecule has 7 nitrogen and oxygen atoms in total. The molecular weight excluding hydrogens is 497 g/mol. The van der Waals surface area contributed by atoms with E-state index in [9.17, 15) is 18.0 Å². The number of methoxy groups -OCH3 is 1. The molecule has 0 radical (unpaired) electrons. The lowest BCUT2D eigenvalue weighted by Crippen LogP contribution is -2.28. The number of allylic oxidation sites excluding steroid dienone is 3. The van der Waals surface area contributed by atoms with Gasteiger partial charge in [-0.25, -0.2) is 4.98 Å². The summed E-state index contributed by atoms with van der Waals surface area (Å²) in [6.07, 6.45) is 1.64. The van der Waals surface area contributed by atoms with E-state index in [-0.39, 0.29) is 18.5 Å². The van der Waals surface area contributed by atoms with Crippen molar-refractivity contribution in [2.75, 3.05) is 19.0 Å². The molecule has 0 unspecified atom stereocenters. The van der Waals surface area contributed by atoms with Gasteiger partial charge in [0.25, 0.3) is 0 Å². The van der Waals surface area contributed by atoms with E-state index in [0.717, 1.165) is 29.7 Å². The van der Waals surface area contributed by atoms with Crippen LogP contribution in [-0.4, -0.2) is 41.3 Å². The normalized spacial score (nSPS) is 15.9. The third-order valence-electron chi connectivity index (χ3n) is 6.61. The van der Waals surface area contributed by atoms with Crippen molar-refractivity contribution < 1.29 is 27.4 Å². The lowest BCUT2D eigenvalue weighted by molar-refractivity contribution is -0.131. The van der Waals surface area contributed by atoms with Gasteiger partial charge in [-0.15, -0.1) is 0 Å². The molecule has 38 heavy (non-hydrogen) atoms. The molecule has 200 valence electrons. The van der Waals surface area contributed by atoms with E-state index in [1.807, 2.05) is 23.6 Å². The van der Waals surface area contributed by atoms with Crippen LogP contribution in [-0.2, 0) is 4.79 Å². The number of nitrogens with one attached hydrogen (secondary N) is 2. The maximum absolute atomic E-state index is 12.8. The highest BCUT2D eigenvalue weighted by Gasteiger charge is 2.28. The molecule has 1 fully saturated rings. The van der Waals surface area contributed by atoms with Crippen LogP contribution in [0.1, 0.15) is 39.0 Å². The zero-order chi connectivity index (χ0) is 26.9. The molecule has 2 aliphatic carbocycles. The lowest BCUT2D eigenvalue weighted by atomic mass is 9.95. The number of imidazole rings is 1. The molecule has 3 aromatic rings. The highest BCUT2D eigenvalue weighted by atomic mass is 19.4. The number of aromatic nitrogens is 2. The van der Waals surface area contributed by atoms with Crippen molar-refractivity contribution in [3.8, 4) is 17.2 Å². The molecule has 0 aliphatic heterocycles. The van der Waals surface area contributed by atoms with E-state index >= 15 is 0 Å². The topological polar surface area (TPSA) is 77.4 Å². The minimum Gasteiger partial charge on any atom is -0.497 e. The number of benzene rings is 2. The second kappa shape index (κ2) is 10.4. The fourth-order valence-corrected chi connectivity index (χ4v) is 4.49. The number of fused-ring (bicyclic) bond motifs is 1. The highest BCUT2D eigenvalue weighted by molar-refractivity contribution is 5.97. The van der Waals surface area contributed by atoms with Crippen LogP contribution in [0.2, 0.25) is 0 Å². The Morgan fingerprint density at radius 2 is 1.92 bits per heavy atom. The number of carbonyl (C=O) groups is 1. The summed E-state index contributed by atoms with van der Waals surface area (Å²) in [4.78, 5) is 17.1. The number of halogens is 3. The molecule has 0 atom stereocenters. The smallest absolute Gasteiger partial charge is 0.390 e. The molecular formula is C28H29F3N4O3. The van der Waals surface area contributed by atoms with Gasteiger partial charge in [-0.1, -0.05) is 6.07 Å². The molecule has 1 aromatic heterocycles. The molecule has 1 saturated carbocycles. The monoisotopic (exact) mass is 526 g/mol. The van der Waals surface area contributed by atoms with Gasteiger partial charge < -0.3 is 24.7 Å². The Balaban J connectivity index is 1.49. The Labute approximate surface area is 218 Å². The van der Waals surface area contributed by atoms with Gasteiger partial charge in [-0.2, -0.15) is 13.2 Å². The third kappa shape index (κ3) is 5.95. The largest absolute Gasteiger partial charge is 0.497 e. The average molecular weight is 527 g/mol. The zero-order valence-corrected chi connectivity index (χ0v) is 21.2. The molecule has 2 N–H and O–H groups in total. The van der Waals surface area contributed by atoms with Crippen LogP contribution in [0.3, 0.4) is 0 Å². The Kier molecular flexibility index (Phi) is 7.05. The first-order valence-electron chi connectivity index (χ1n) is 12.6. The number of alkyl halides is 3. The van der Waals surface area contributed by atoms with Gasteiger partial charge in [0.05, 0.1) is 24.7 Å². The molecule has 10 heteroatoms. The molecule has 2 aromatic carbocycles. The van der Waals surface area contributed by atoms with Crippen LogP contribution >= 0.6 is 0 Å². The standard InChI is InChI=1S/C28H29F3N4O3/c1-17-12-19(8-9-23(17)27(36)34-18-6-7-18)35-16-33-26-24(32-11-10-28(29,30)31)14-22(15-25(26)35)38-21-5-3-4-20(13-21)37-2/h3-5,12-16,18,32H,6-11H2,1-2H3,(H,34,36). The number of hydrogen-bond acceptors (Lipinski definition) is 5. The number of rotatable bonds is 9. The fraction of sp³-hybridized carbons (Fsp3) is 0.357. The minimum absolute atomic E-state index is 0.0130. The van der Waals surface area contributed by atoms with Crippen molar-refractivity contribution in [2.45, 2.75) is 51.2 Å². The quantitative estimate of drug-likeness (QED) is 0.336. The summed E-state index contributed by atoms with van der Waals surface area (Å²) >= 11 is 0. The van der Waals surface area contributed by atoms with E-state index in [4.69, 9.17) is 9.47 Å². The summed E-state index contributed by atoms with van der Waals surface area (Å²) < 4.78 is 51.7. The predicted octanol–water partition coefficient (Wildman–Crippen LogP) is 6.43.